The second-order valence-electron chi connectivity index (χ2n) is 5.08. The van der Waals surface area contributed by atoms with Gasteiger partial charge in [0.2, 0.25) is 0 Å². The Bertz CT molecular complexity index is 827. The van der Waals surface area contributed by atoms with Crippen LogP contribution < -0.4 is 10.6 Å². The fourth-order valence-electron chi connectivity index (χ4n) is 2.33. The van der Waals surface area contributed by atoms with Gasteiger partial charge < -0.3 is 10.6 Å². The first-order valence-corrected chi connectivity index (χ1v) is 8.21. The number of anilines is 1. The van der Waals surface area contributed by atoms with Gasteiger partial charge in [-0.25, -0.2) is 0 Å². The van der Waals surface area contributed by atoms with Gasteiger partial charge in [-0.15, -0.1) is 11.3 Å². The largest absolute Gasteiger partial charge is 0.347 e. The Morgan fingerprint density at radius 1 is 0.913 bits per heavy atom. The van der Waals surface area contributed by atoms with Gasteiger partial charge in [-0.1, -0.05) is 36.4 Å². The molecule has 0 atom stereocenters. The van der Waals surface area contributed by atoms with E-state index in [0.717, 1.165) is 0 Å². The molecule has 1 aromatic heterocycles. The summed E-state index contributed by atoms with van der Waals surface area (Å²) < 4.78 is 1.23. The van der Waals surface area contributed by atoms with Gasteiger partial charge in [-0.2, -0.15) is 0 Å². The summed E-state index contributed by atoms with van der Waals surface area (Å²) in [6, 6.07) is 17.1. The molecule has 0 aliphatic heterocycles. The van der Waals surface area contributed by atoms with E-state index in [0.29, 0.717) is 18.7 Å². The fraction of sp³-hybridized carbons (Fsp3) is 0.111. The van der Waals surface area contributed by atoms with Crippen molar-refractivity contribution >= 4 is 38.9 Å². The molecule has 3 rings (SSSR count). The summed E-state index contributed by atoms with van der Waals surface area (Å²) in [4.78, 5) is 23.6. The molecule has 2 amide bonds. The van der Waals surface area contributed by atoms with Crippen LogP contribution in [0.4, 0.5) is 5.69 Å². The minimum absolute atomic E-state index is 0.432. The average Bonchev–Trinajstić information content (AvgIpc) is 2.99. The van der Waals surface area contributed by atoms with Crippen molar-refractivity contribution < 1.29 is 9.59 Å². The number of carbonyl (C=O) groups is 2. The number of nitrogens with one attached hydrogen (secondary N) is 2. The van der Waals surface area contributed by atoms with Gasteiger partial charge in [0.1, 0.15) is 0 Å². The number of para-hydroxylation sites is 1. The van der Waals surface area contributed by atoms with E-state index in [9.17, 15) is 9.59 Å². The van der Waals surface area contributed by atoms with E-state index in [2.05, 4.69) is 28.1 Å². The predicted octanol–water partition coefficient (Wildman–Crippen LogP) is 3.20. The molecule has 0 bridgehead atoms. The molecule has 3 aromatic rings. The lowest BCUT2D eigenvalue weighted by Crippen LogP contribution is -2.36. The minimum atomic E-state index is -0.647. The van der Waals surface area contributed by atoms with Gasteiger partial charge >= 0.3 is 11.8 Å². The van der Waals surface area contributed by atoms with Crippen LogP contribution in [-0.4, -0.2) is 18.4 Å². The molecule has 0 saturated heterocycles. The molecule has 0 unspecified atom stereocenters. The molecule has 0 radical (unpaired) electrons. The number of amides is 2. The third-order valence-corrected chi connectivity index (χ3v) is 4.49. The summed E-state index contributed by atoms with van der Waals surface area (Å²) >= 11 is 1.69. The SMILES string of the molecule is O=C(NCCc1csc2ccccc12)C(=O)Nc1ccccc1. The number of benzene rings is 2. The maximum Gasteiger partial charge on any atom is 0.313 e. The number of thiophene rings is 1. The van der Waals surface area contributed by atoms with E-state index in [1.165, 1.54) is 15.6 Å². The van der Waals surface area contributed by atoms with E-state index in [1.807, 2.05) is 18.2 Å². The van der Waals surface area contributed by atoms with Gasteiger partial charge in [0.15, 0.2) is 0 Å². The lowest BCUT2D eigenvalue weighted by atomic mass is 10.1. The van der Waals surface area contributed by atoms with Crippen LogP contribution >= 0.6 is 11.3 Å². The van der Waals surface area contributed by atoms with Crippen molar-refractivity contribution in [3.8, 4) is 0 Å². The highest BCUT2D eigenvalue weighted by molar-refractivity contribution is 7.17. The normalized spacial score (nSPS) is 10.4. The van der Waals surface area contributed by atoms with E-state index >= 15 is 0 Å². The molecule has 2 aromatic carbocycles. The van der Waals surface area contributed by atoms with Crippen molar-refractivity contribution in [2.45, 2.75) is 6.42 Å². The van der Waals surface area contributed by atoms with Crippen molar-refractivity contribution in [3.05, 3.63) is 65.5 Å². The van der Waals surface area contributed by atoms with Crippen LogP contribution in [0, 0.1) is 0 Å². The Morgan fingerprint density at radius 2 is 1.65 bits per heavy atom. The third-order valence-electron chi connectivity index (χ3n) is 3.48. The van der Waals surface area contributed by atoms with Gasteiger partial charge in [0.25, 0.3) is 0 Å². The molecule has 0 aliphatic rings. The van der Waals surface area contributed by atoms with Crippen molar-refractivity contribution in [3.63, 3.8) is 0 Å². The van der Waals surface area contributed by atoms with Crippen LogP contribution in [0.1, 0.15) is 5.56 Å². The molecule has 2 N–H and O–H groups in total. The van der Waals surface area contributed by atoms with Crippen molar-refractivity contribution in [1.29, 1.82) is 0 Å². The first-order valence-electron chi connectivity index (χ1n) is 7.33. The van der Waals surface area contributed by atoms with Gasteiger partial charge in [-0.3, -0.25) is 9.59 Å². The van der Waals surface area contributed by atoms with Crippen LogP contribution in [0.3, 0.4) is 0 Å². The number of rotatable bonds is 4. The monoisotopic (exact) mass is 324 g/mol. The topological polar surface area (TPSA) is 58.2 Å². The molecule has 4 nitrogen and oxygen atoms in total. The highest BCUT2D eigenvalue weighted by atomic mass is 32.1. The predicted molar refractivity (Wildman–Crippen MR) is 93.6 cm³/mol. The van der Waals surface area contributed by atoms with Gasteiger partial charge in [0.05, 0.1) is 0 Å². The van der Waals surface area contributed by atoms with Crippen LogP contribution in [0.2, 0.25) is 0 Å². The number of hydrogen-bond acceptors (Lipinski definition) is 3. The van der Waals surface area contributed by atoms with E-state index in [-0.39, 0.29) is 0 Å². The molecular formula is C18H16N2O2S. The molecule has 0 saturated carbocycles. The second kappa shape index (κ2) is 7.07. The van der Waals surface area contributed by atoms with E-state index in [1.54, 1.807) is 35.6 Å². The molecule has 1 heterocycles. The van der Waals surface area contributed by atoms with E-state index < -0.39 is 11.8 Å². The van der Waals surface area contributed by atoms with Crippen molar-refractivity contribution in [2.24, 2.45) is 0 Å². The molecule has 5 heteroatoms. The fourth-order valence-corrected chi connectivity index (χ4v) is 3.32. The first-order chi connectivity index (χ1) is 11.2. The second-order valence-corrected chi connectivity index (χ2v) is 5.99. The maximum absolute atomic E-state index is 11.8. The highest BCUT2D eigenvalue weighted by Crippen LogP contribution is 2.25. The lowest BCUT2D eigenvalue weighted by molar-refractivity contribution is -0.136. The summed E-state index contributed by atoms with van der Waals surface area (Å²) in [7, 11) is 0. The van der Waals surface area contributed by atoms with Crippen LogP contribution in [0.15, 0.2) is 60.0 Å². The van der Waals surface area contributed by atoms with Crippen LogP contribution in [0.25, 0.3) is 10.1 Å². The average molecular weight is 324 g/mol. The summed E-state index contributed by atoms with van der Waals surface area (Å²) in [6.07, 6.45) is 0.703. The summed E-state index contributed by atoms with van der Waals surface area (Å²) in [5.41, 5.74) is 1.80. The summed E-state index contributed by atoms with van der Waals surface area (Å²) in [6.45, 7) is 0.432. The minimum Gasteiger partial charge on any atom is -0.347 e. The van der Waals surface area contributed by atoms with E-state index in [4.69, 9.17) is 0 Å². The smallest absolute Gasteiger partial charge is 0.313 e. The maximum atomic E-state index is 11.8. The van der Waals surface area contributed by atoms with Crippen LogP contribution in [0.5, 0.6) is 0 Å². The Morgan fingerprint density at radius 3 is 2.48 bits per heavy atom. The Balaban J connectivity index is 1.52. The zero-order chi connectivity index (χ0) is 16.1. The standard InChI is InChI=1S/C18H16N2O2S/c21-17(18(22)20-14-6-2-1-3-7-14)19-11-10-13-12-23-16-9-5-4-8-15(13)16/h1-9,12H,10-11H2,(H,19,21)(H,20,22). The van der Waals surface area contributed by atoms with Crippen molar-refractivity contribution in [1.82, 2.24) is 5.32 Å². The molecule has 23 heavy (non-hydrogen) atoms. The van der Waals surface area contributed by atoms with Gasteiger partial charge in [0, 0.05) is 16.9 Å². The van der Waals surface area contributed by atoms with Gasteiger partial charge in [-0.05, 0) is 40.9 Å². The van der Waals surface area contributed by atoms with Crippen molar-refractivity contribution in [2.75, 3.05) is 11.9 Å². The Hall–Kier alpha value is -2.66. The van der Waals surface area contributed by atoms with Crippen LogP contribution in [-0.2, 0) is 16.0 Å². The first kappa shape index (κ1) is 15.2. The lowest BCUT2D eigenvalue weighted by Gasteiger charge is -2.06. The molecular weight excluding hydrogens is 308 g/mol. The summed E-state index contributed by atoms with van der Waals surface area (Å²) in [5.74, 6) is -1.26. The molecule has 116 valence electrons. The molecule has 0 fully saturated rings. The highest BCUT2D eigenvalue weighted by Gasteiger charge is 2.13. The zero-order valence-corrected chi connectivity index (χ0v) is 13.2. The number of carbonyl (C=O) groups excluding carboxylic acids is 2. The number of fused-ring (bicyclic) bond motifs is 1. The Labute approximate surface area is 138 Å². The number of hydrogen-bond donors (Lipinski definition) is 2. The zero-order valence-electron chi connectivity index (χ0n) is 12.4. The molecule has 0 spiro atoms. The quantitative estimate of drug-likeness (QED) is 0.724. The summed E-state index contributed by atoms with van der Waals surface area (Å²) in [5, 5.41) is 8.53. The molecule has 0 aliphatic carbocycles. The third kappa shape index (κ3) is 3.76. The Kier molecular flexibility index (Phi) is 4.68.